The quantitative estimate of drug-likeness (QED) is 0.880. The number of pyridine rings is 1. The first-order valence-corrected chi connectivity index (χ1v) is 6.76. The molecule has 0 amide bonds. The molecule has 0 radical (unpaired) electrons. The van der Waals surface area contributed by atoms with Crippen molar-refractivity contribution < 1.29 is 9.90 Å². The lowest BCUT2D eigenvalue weighted by atomic mass is 10.0. The zero-order chi connectivity index (χ0) is 14.8. The van der Waals surface area contributed by atoms with E-state index in [0.717, 1.165) is 16.6 Å². The second kappa shape index (κ2) is 5.63. The summed E-state index contributed by atoms with van der Waals surface area (Å²) >= 11 is 0. The van der Waals surface area contributed by atoms with Gasteiger partial charge in [-0.25, -0.2) is 4.98 Å². The molecule has 0 saturated heterocycles. The topological polar surface area (TPSA) is 69.2 Å². The molecule has 2 aromatic rings. The van der Waals surface area contributed by atoms with Crippen LogP contribution in [0, 0.1) is 0 Å². The number of carbonyl (C=O) groups is 1. The van der Waals surface area contributed by atoms with Gasteiger partial charge in [0.25, 0.3) is 0 Å². The Morgan fingerprint density at radius 3 is 2.85 bits per heavy atom. The number of aromatic amines is 1. The summed E-state index contributed by atoms with van der Waals surface area (Å²) in [6, 6.07) is 3.95. The van der Waals surface area contributed by atoms with E-state index in [1.54, 1.807) is 6.20 Å². The summed E-state index contributed by atoms with van der Waals surface area (Å²) in [5, 5.41) is 9.98. The molecule has 0 atom stereocenters. The van der Waals surface area contributed by atoms with E-state index in [0.29, 0.717) is 13.1 Å². The molecule has 2 rings (SSSR count). The second-order valence-corrected chi connectivity index (χ2v) is 5.95. The van der Waals surface area contributed by atoms with Crippen LogP contribution in [0.25, 0.3) is 11.0 Å². The molecule has 0 aliphatic carbocycles. The van der Waals surface area contributed by atoms with Crippen molar-refractivity contribution in [1.82, 2.24) is 14.9 Å². The fourth-order valence-corrected chi connectivity index (χ4v) is 2.23. The van der Waals surface area contributed by atoms with Crippen molar-refractivity contribution >= 4 is 17.0 Å². The first-order valence-electron chi connectivity index (χ1n) is 6.76. The van der Waals surface area contributed by atoms with Crippen LogP contribution in [-0.2, 0) is 11.3 Å². The molecule has 0 aliphatic rings. The van der Waals surface area contributed by atoms with E-state index in [2.05, 4.69) is 35.6 Å². The standard InChI is InChI=1S/C15H21N3O2/c1-15(2,3)18(8-6-13(19)20)10-11-9-17-14-12(11)5-4-7-16-14/h4-5,7,9H,6,8,10H2,1-3H3,(H,16,17)(H,19,20). The molecule has 20 heavy (non-hydrogen) atoms. The van der Waals surface area contributed by atoms with Crippen LogP contribution in [-0.4, -0.2) is 38.0 Å². The number of fused-ring (bicyclic) bond motifs is 1. The number of aliphatic carboxylic acids is 1. The highest BCUT2D eigenvalue weighted by Gasteiger charge is 2.23. The molecule has 0 aromatic carbocycles. The van der Waals surface area contributed by atoms with Gasteiger partial charge < -0.3 is 10.1 Å². The summed E-state index contributed by atoms with van der Waals surface area (Å²) in [6.07, 6.45) is 3.86. The monoisotopic (exact) mass is 275 g/mol. The number of aromatic nitrogens is 2. The van der Waals surface area contributed by atoms with Gasteiger partial charge in [-0.05, 0) is 38.5 Å². The maximum Gasteiger partial charge on any atom is 0.304 e. The van der Waals surface area contributed by atoms with Gasteiger partial charge in [0.05, 0.1) is 6.42 Å². The van der Waals surface area contributed by atoms with Crippen molar-refractivity contribution in [3.63, 3.8) is 0 Å². The van der Waals surface area contributed by atoms with Crippen molar-refractivity contribution in [2.24, 2.45) is 0 Å². The lowest BCUT2D eigenvalue weighted by Gasteiger charge is -2.35. The van der Waals surface area contributed by atoms with Crippen molar-refractivity contribution in [2.45, 2.75) is 39.3 Å². The largest absolute Gasteiger partial charge is 0.481 e. The first kappa shape index (κ1) is 14.5. The maximum atomic E-state index is 10.8. The molecule has 0 saturated carbocycles. The summed E-state index contributed by atoms with van der Waals surface area (Å²) in [4.78, 5) is 20.4. The molecule has 2 heterocycles. The molecule has 108 valence electrons. The third-order valence-electron chi connectivity index (χ3n) is 3.44. The molecule has 0 fully saturated rings. The zero-order valence-electron chi connectivity index (χ0n) is 12.2. The predicted octanol–water partition coefficient (Wildman–Crippen LogP) is 2.64. The number of hydrogen-bond donors (Lipinski definition) is 2. The molecule has 0 aliphatic heterocycles. The molecular weight excluding hydrogens is 254 g/mol. The number of nitrogens with one attached hydrogen (secondary N) is 1. The Morgan fingerprint density at radius 1 is 1.45 bits per heavy atom. The SMILES string of the molecule is CC(C)(C)N(CCC(=O)O)Cc1c[nH]c2ncccc12. The van der Waals surface area contributed by atoms with Gasteiger partial charge in [0.1, 0.15) is 5.65 Å². The molecule has 0 spiro atoms. The number of carboxylic acid groups (broad SMARTS) is 1. The van der Waals surface area contributed by atoms with Crippen LogP contribution in [0.1, 0.15) is 32.8 Å². The van der Waals surface area contributed by atoms with E-state index in [-0.39, 0.29) is 12.0 Å². The molecular formula is C15H21N3O2. The van der Waals surface area contributed by atoms with E-state index in [9.17, 15) is 4.79 Å². The molecule has 2 N–H and O–H groups in total. The molecule has 2 aromatic heterocycles. The molecule has 0 unspecified atom stereocenters. The van der Waals surface area contributed by atoms with Crippen LogP contribution in [0.5, 0.6) is 0 Å². The van der Waals surface area contributed by atoms with Gasteiger partial charge in [0.2, 0.25) is 0 Å². The number of H-pyrrole nitrogens is 1. The Morgan fingerprint density at radius 2 is 2.20 bits per heavy atom. The lowest BCUT2D eigenvalue weighted by molar-refractivity contribution is -0.137. The second-order valence-electron chi connectivity index (χ2n) is 5.95. The summed E-state index contributed by atoms with van der Waals surface area (Å²) in [7, 11) is 0. The fourth-order valence-electron chi connectivity index (χ4n) is 2.23. The van der Waals surface area contributed by atoms with E-state index >= 15 is 0 Å². The Bertz CT molecular complexity index is 598. The fraction of sp³-hybridized carbons (Fsp3) is 0.467. The van der Waals surface area contributed by atoms with E-state index < -0.39 is 5.97 Å². The average molecular weight is 275 g/mol. The van der Waals surface area contributed by atoms with Gasteiger partial charge in [-0.15, -0.1) is 0 Å². The zero-order valence-corrected chi connectivity index (χ0v) is 12.2. The molecule has 0 bridgehead atoms. The summed E-state index contributed by atoms with van der Waals surface area (Å²) in [6.45, 7) is 7.54. The minimum Gasteiger partial charge on any atom is -0.481 e. The van der Waals surface area contributed by atoms with Crippen LogP contribution in [0.2, 0.25) is 0 Å². The van der Waals surface area contributed by atoms with Crippen molar-refractivity contribution in [1.29, 1.82) is 0 Å². The summed E-state index contributed by atoms with van der Waals surface area (Å²) in [5.41, 5.74) is 1.93. The van der Waals surface area contributed by atoms with Crippen LogP contribution in [0.4, 0.5) is 0 Å². The van der Waals surface area contributed by atoms with Crippen LogP contribution in [0.15, 0.2) is 24.5 Å². The normalized spacial score (nSPS) is 12.2. The van der Waals surface area contributed by atoms with E-state index in [1.165, 1.54) is 0 Å². The van der Waals surface area contributed by atoms with Crippen LogP contribution in [0.3, 0.4) is 0 Å². The average Bonchev–Trinajstić information content (AvgIpc) is 2.76. The summed E-state index contributed by atoms with van der Waals surface area (Å²) in [5.74, 6) is -0.764. The molecule has 5 heteroatoms. The summed E-state index contributed by atoms with van der Waals surface area (Å²) < 4.78 is 0. The van der Waals surface area contributed by atoms with Gasteiger partial charge in [-0.3, -0.25) is 9.69 Å². The van der Waals surface area contributed by atoms with Gasteiger partial charge >= 0.3 is 5.97 Å². The number of carboxylic acids is 1. The smallest absolute Gasteiger partial charge is 0.304 e. The van der Waals surface area contributed by atoms with Gasteiger partial charge in [-0.2, -0.15) is 0 Å². The van der Waals surface area contributed by atoms with Crippen LogP contribution >= 0.6 is 0 Å². The minimum atomic E-state index is -0.764. The van der Waals surface area contributed by atoms with Gasteiger partial charge in [0.15, 0.2) is 0 Å². The first-order chi connectivity index (χ1) is 9.38. The highest BCUT2D eigenvalue weighted by atomic mass is 16.4. The van der Waals surface area contributed by atoms with Crippen LogP contribution < -0.4 is 0 Å². The third kappa shape index (κ3) is 3.36. The highest BCUT2D eigenvalue weighted by molar-refractivity contribution is 5.79. The lowest BCUT2D eigenvalue weighted by Crippen LogP contribution is -2.41. The number of hydrogen-bond acceptors (Lipinski definition) is 3. The minimum absolute atomic E-state index is 0.0821. The Balaban J connectivity index is 2.21. The predicted molar refractivity (Wildman–Crippen MR) is 78.5 cm³/mol. The number of nitrogens with zero attached hydrogens (tertiary/aromatic N) is 2. The van der Waals surface area contributed by atoms with E-state index in [4.69, 9.17) is 5.11 Å². The highest BCUT2D eigenvalue weighted by Crippen LogP contribution is 2.22. The van der Waals surface area contributed by atoms with Gasteiger partial charge in [0, 0.05) is 36.4 Å². The Kier molecular flexibility index (Phi) is 4.09. The Hall–Kier alpha value is -1.88. The van der Waals surface area contributed by atoms with Gasteiger partial charge in [-0.1, -0.05) is 0 Å². The van der Waals surface area contributed by atoms with E-state index in [1.807, 2.05) is 18.3 Å². The Labute approximate surface area is 118 Å². The molecule has 5 nitrogen and oxygen atoms in total. The van der Waals surface area contributed by atoms with Crippen molar-refractivity contribution in [2.75, 3.05) is 6.54 Å². The van der Waals surface area contributed by atoms with Crippen molar-refractivity contribution in [3.8, 4) is 0 Å². The maximum absolute atomic E-state index is 10.8. The number of rotatable bonds is 5. The van der Waals surface area contributed by atoms with Crippen molar-refractivity contribution in [3.05, 3.63) is 30.1 Å². The third-order valence-corrected chi connectivity index (χ3v) is 3.44.